The molecule has 2 aliphatic rings. The summed E-state index contributed by atoms with van der Waals surface area (Å²) in [4.78, 5) is 13.1. The monoisotopic (exact) mass is 224 g/mol. The van der Waals surface area contributed by atoms with Crippen molar-refractivity contribution in [2.24, 2.45) is 0 Å². The fourth-order valence-corrected chi connectivity index (χ4v) is 2.76. The number of nitrogens with zero attached hydrogens (tertiary/aromatic N) is 4. The van der Waals surface area contributed by atoms with Gasteiger partial charge in [-0.25, -0.2) is 4.98 Å². The van der Waals surface area contributed by atoms with Crippen LogP contribution in [0.5, 0.6) is 0 Å². The Hall–Kier alpha value is -0.870. The van der Waals surface area contributed by atoms with E-state index in [0.717, 1.165) is 18.9 Å². The zero-order valence-corrected chi connectivity index (χ0v) is 9.35. The Morgan fingerprint density at radius 2 is 2.20 bits per heavy atom. The second kappa shape index (κ2) is 3.32. The third kappa shape index (κ3) is 1.48. The number of rotatable bonds is 1. The molecule has 0 amide bonds. The number of halogens is 1. The Morgan fingerprint density at radius 1 is 1.33 bits per heavy atom. The Kier molecular flexibility index (Phi) is 2.07. The highest BCUT2D eigenvalue weighted by Gasteiger charge is 2.41. The Morgan fingerprint density at radius 3 is 2.80 bits per heavy atom. The molecule has 2 aliphatic heterocycles. The van der Waals surface area contributed by atoms with Gasteiger partial charge >= 0.3 is 0 Å². The van der Waals surface area contributed by atoms with Gasteiger partial charge in [-0.2, -0.15) is 0 Å². The van der Waals surface area contributed by atoms with Crippen LogP contribution in [0, 0.1) is 0 Å². The van der Waals surface area contributed by atoms with Crippen molar-refractivity contribution in [3.8, 4) is 0 Å². The van der Waals surface area contributed by atoms with Crippen LogP contribution in [0.4, 0.5) is 5.82 Å². The van der Waals surface area contributed by atoms with Crippen molar-refractivity contribution in [3.63, 3.8) is 0 Å². The molecule has 2 fully saturated rings. The zero-order chi connectivity index (χ0) is 10.4. The van der Waals surface area contributed by atoms with Crippen molar-refractivity contribution in [1.29, 1.82) is 0 Å². The maximum atomic E-state index is 5.84. The molecule has 15 heavy (non-hydrogen) atoms. The number of likely N-dealkylation sites (tertiary alicyclic amines) is 1. The molecule has 4 nitrogen and oxygen atoms in total. The van der Waals surface area contributed by atoms with Crippen molar-refractivity contribution in [3.05, 3.63) is 17.5 Å². The lowest BCUT2D eigenvalue weighted by Gasteiger charge is -2.32. The summed E-state index contributed by atoms with van der Waals surface area (Å²) >= 11 is 5.84. The molecule has 0 aliphatic carbocycles. The molecule has 0 unspecified atom stereocenters. The van der Waals surface area contributed by atoms with E-state index in [1.807, 2.05) is 0 Å². The van der Waals surface area contributed by atoms with Gasteiger partial charge < -0.3 is 4.90 Å². The van der Waals surface area contributed by atoms with E-state index in [1.165, 1.54) is 6.42 Å². The van der Waals surface area contributed by atoms with E-state index in [2.05, 4.69) is 26.8 Å². The summed E-state index contributed by atoms with van der Waals surface area (Å²) in [5, 5.41) is 0.476. The van der Waals surface area contributed by atoms with Crippen LogP contribution in [0.15, 0.2) is 12.4 Å². The minimum atomic E-state index is 0.476. The van der Waals surface area contributed by atoms with E-state index in [0.29, 0.717) is 17.2 Å². The van der Waals surface area contributed by atoms with Crippen molar-refractivity contribution < 1.29 is 0 Å². The highest BCUT2D eigenvalue weighted by molar-refractivity contribution is 6.29. The number of fused-ring (bicyclic) bond motifs is 2. The first kappa shape index (κ1) is 9.36. The summed E-state index contributed by atoms with van der Waals surface area (Å²) in [7, 11) is 2.19. The molecule has 3 rings (SSSR count). The van der Waals surface area contributed by atoms with Crippen LogP contribution in [0.3, 0.4) is 0 Å². The van der Waals surface area contributed by atoms with E-state index < -0.39 is 0 Å². The van der Waals surface area contributed by atoms with E-state index in [-0.39, 0.29) is 0 Å². The van der Waals surface area contributed by atoms with Gasteiger partial charge in [0.25, 0.3) is 0 Å². The van der Waals surface area contributed by atoms with Gasteiger partial charge in [0, 0.05) is 25.2 Å². The molecule has 5 heteroatoms. The van der Waals surface area contributed by atoms with Gasteiger partial charge in [0.15, 0.2) is 0 Å². The maximum Gasteiger partial charge on any atom is 0.149 e. The second-order valence-corrected chi connectivity index (χ2v) is 4.72. The summed E-state index contributed by atoms with van der Waals surface area (Å²) in [5.74, 6) is 0.920. The predicted octanol–water partition coefficient (Wildman–Crippen LogP) is 1.02. The van der Waals surface area contributed by atoms with E-state index in [4.69, 9.17) is 11.6 Å². The molecule has 0 saturated carbocycles. The van der Waals surface area contributed by atoms with Crippen LogP contribution < -0.4 is 4.90 Å². The molecular weight excluding hydrogens is 212 g/mol. The smallest absolute Gasteiger partial charge is 0.149 e. The topological polar surface area (TPSA) is 32.3 Å². The van der Waals surface area contributed by atoms with Gasteiger partial charge in [-0.15, -0.1) is 0 Å². The number of hydrogen-bond acceptors (Lipinski definition) is 4. The van der Waals surface area contributed by atoms with Crippen molar-refractivity contribution in [2.75, 3.05) is 25.0 Å². The van der Waals surface area contributed by atoms with Crippen LogP contribution in [0.1, 0.15) is 6.42 Å². The third-order valence-corrected chi connectivity index (χ3v) is 3.58. The van der Waals surface area contributed by atoms with Gasteiger partial charge in [0.2, 0.25) is 0 Å². The number of aromatic nitrogens is 2. The molecular formula is C10H13ClN4. The minimum absolute atomic E-state index is 0.476. The lowest BCUT2D eigenvalue weighted by atomic mass is 10.2. The number of likely N-dealkylation sites (N-methyl/N-ethyl adjacent to an activating group) is 1. The SMILES string of the molecule is CN1C[C@@H]2C[C@H]1CN2c1cncc(Cl)n1. The Labute approximate surface area is 93.9 Å². The fraction of sp³-hybridized carbons (Fsp3) is 0.600. The van der Waals surface area contributed by atoms with Crippen molar-refractivity contribution >= 4 is 17.4 Å². The normalized spacial score (nSPS) is 30.1. The molecule has 0 N–H and O–H groups in total. The van der Waals surface area contributed by atoms with Crippen LogP contribution in [0.2, 0.25) is 5.15 Å². The Balaban J connectivity index is 1.86. The highest BCUT2D eigenvalue weighted by atomic mass is 35.5. The summed E-state index contributed by atoms with van der Waals surface area (Å²) < 4.78 is 0. The third-order valence-electron chi connectivity index (χ3n) is 3.40. The lowest BCUT2D eigenvalue weighted by molar-refractivity contribution is 0.292. The fourth-order valence-electron chi connectivity index (χ4n) is 2.62. The molecule has 1 aromatic heterocycles. The van der Waals surface area contributed by atoms with Crippen LogP contribution in [-0.4, -0.2) is 47.1 Å². The molecule has 1 aromatic rings. The largest absolute Gasteiger partial charge is 0.349 e. The summed E-state index contributed by atoms with van der Waals surface area (Å²) in [6.45, 7) is 2.18. The quantitative estimate of drug-likeness (QED) is 0.713. The highest BCUT2D eigenvalue weighted by Crippen LogP contribution is 2.32. The minimum Gasteiger partial charge on any atom is -0.349 e. The first-order chi connectivity index (χ1) is 7.24. The van der Waals surface area contributed by atoms with Gasteiger partial charge in [-0.05, 0) is 13.5 Å². The molecule has 2 bridgehead atoms. The molecule has 2 atom stereocenters. The van der Waals surface area contributed by atoms with Gasteiger partial charge in [0.05, 0.1) is 12.4 Å². The molecule has 0 radical (unpaired) electrons. The standard InChI is InChI=1S/C10H13ClN4/c1-14-5-8-2-7(14)6-15(8)10-4-12-3-9(11)13-10/h3-4,7-8H,2,5-6H2,1H3/t7-,8-/m0/s1. The van der Waals surface area contributed by atoms with Crippen LogP contribution in [0.25, 0.3) is 0 Å². The summed E-state index contributed by atoms with van der Waals surface area (Å²) in [5.41, 5.74) is 0. The van der Waals surface area contributed by atoms with Crippen molar-refractivity contribution in [2.45, 2.75) is 18.5 Å². The molecule has 0 spiro atoms. The number of hydrogen-bond donors (Lipinski definition) is 0. The number of piperazine rings is 1. The molecule has 0 aromatic carbocycles. The number of anilines is 1. The lowest BCUT2D eigenvalue weighted by Crippen LogP contribution is -2.44. The van der Waals surface area contributed by atoms with E-state index in [9.17, 15) is 0 Å². The zero-order valence-electron chi connectivity index (χ0n) is 8.60. The summed E-state index contributed by atoms with van der Waals surface area (Å²) in [6, 6.07) is 1.27. The van der Waals surface area contributed by atoms with Crippen LogP contribution in [-0.2, 0) is 0 Å². The molecule has 3 heterocycles. The average molecular weight is 225 g/mol. The first-order valence-electron chi connectivity index (χ1n) is 5.18. The molecule has 80 valence electrons. The Bertz CT molecular complexity index is 381. The van der Waals surface area contributed by atoms with Gasteiger partial charge in [-0.3, -0.25) is 9.88 Å². The van der Waals surface area contributed by atoms with E-state index in [1.54, 1.807) is 12.4 Å². The van der Waals surface area contributed by atoms with Gasteiger partial charge in [0.1, 0.15) is 11.0 Å². The van der Waals surface area contributed by atoms with E-state index >= 15 is 0 Å². The maximum absolute atomic E-state index is 5.84. The van der Waals surface area contributed by atoms with Crippen LogP contribution >= 0.6 is 11.6 Å². The van der Waals surface area contributed by atoms with Gasteiger partial charge in [-0.1, -0.05) is 11.6 Å². The molecule has 2 saturated heterocycles. The predicted molar refractivity (Wildman–Crippen MR) is 59.2 cm³/mol. The second-order valence-electron chi connectivity index (χ2n) is 4.34. The average Bonchev–Trinajstić information content (AvgIpc) is 2.76. The van der Waals surface area contributed by atoms with Crippen molar-refractivity contribution in [1.82, 2.24) is 14.9 Å². The first-order valence-corrected chi connectivity index (χ1v) is 5.56. The summed E-state index contributed by atoms with van der Waals surface area (Å²) in [6.07, 6.45) is 4.61.